The van der Waals surface area contributed by atoms with Crippen LogP contribution in [0.3, 0.4) is 0 Å². The van der Waals surface area contributed by atoms with Crippen molar-refractivity contribution in [1.29, 1.82) is 0 Å². The van der Waals surface area contributed by atoms with E-state index in [1.165, 1.54) is 18.1 Å². The third-order valence-corrected chi connectivity index (χ3v) is 4.97. The highest BCUT2D eigenvalue weighted by Gasteiger charge is 2.25. The van der Waals surface area contributed by atoms with Gasteiger partial charge in [0.15, 0.2) is 0 Å². The van der Waals surface area contributed by atoms with Gasteiger partial charge in [0.05, 0.1) is 0 Å². The first-order valence-corrected chi connectivity index (χ1v) is 9.83. The number of nitrogens with zero attached hydrogens (tertiary/aromatic N) is 2. The molecule has 6 nitrogen and oxygen atoms in total. The monoisotopic (exact) mass is 394 g/mol. The van der Waals surface area contributed by atoms with Crippen molar-refractivity contribution in [2.45, 2.75) is 26.7 Å². The second-order valence-corrected chi connectivity index (χ2v) is 7.28. The summed E-state index contributed by atoms with van der Waals surface area (Å²) < 4.78 is 5.05. The summed E-state index contributed by atoms with van der Waals surface area (Å²) in [5, 5.41) is 0. The summed E-state index contributed by atoms with van der Waals surface area (Å²) in [5.41, 5.74) is 2.84. The Labute approximate surface area is 171 Å². The number of rotatable bonds is 5. The smallest absolute Gasteiger partial charge is 0.308 e. The Bertz CT molecular complexity index is 901. The van der Waals surface area contributed by atoms with Gasteiger partial charge in [0.25, 0.3) is 5.91 Å². The fourth-order valence-corrected chi connectivity index (χ4v) is 3.48. The third kappa shape index (κ3) is 5.67. The maximum absolute atomic E-state index is 12.7. The van der Waals surface area contributed by atoms with Crippen molar-refractivity contribution in [2.75, 3.05) is 26.2 Å². The van der Waals surface area contributed by atoms with Crippen LogP contribution in [-0.4, -0.2) is 53.8 Å². The number of benzene rings is 2. The lowest BCUT2D eigenvalue weighted by Gasteiger charge is -2.35. The molecule has 0 unspecified atom stereocenters. The first-order valence-electron chi connectivity index (χ1n) is 9.83. The zero-order chi connectivity index (χ0) is 20.8. The van der Waals surface area contributed by atoms with E-state index < -0.39 is 5.97 Å². The summed E-state index contributed by atoms with van der Waals surface area (Å²) in [7, 11) is 0. The molecule has 2 aromatic rings. The lowest BCUT2D eigenvalue weighted by molar-refractivity contribution is -0.133. The van der Waals surface area contributed by atoms with Gasteiger partial charge in [-0.05, 0) is 37.1 Å². The number of carbonyl (C=O) groups is 3. The molecule has 0 radical (unpaired) electrons. The van der Waals surface area contributed by atoms with Crippen LogP contribution >= 0.6 is 0 Å². The number of carbonyl (C=O) groups excluding carboxylic acids is 3. The van der Waals surface area contributed by atoms with E-state index in [1.54, 1.807) is 29.2 Å². The van der Waals surface area contributed by atoms with Gasteiger partial charge in [-0.2, -0.15) is 0 Å². The molecule has 3 rings (SSSR count). The highest BCUT2D eigenvalue weighted by Crippen LogP contribution is 2.17. The molecule has 1 aliphatic heterocycles. The molecule has 152 valence electrons. The van der Waals surface area contributed by atoms with Crippen LogP contribution in [0.15, 0.2) is 48.5 Å². The zero-order valence-corrected chi connectivity index (χ0v) is 16.9. The molecule has 2 aromatic carbocycles. The Hall–Kier alpha value is -3.15. The Balaban J connectivity index is 1.51. The van der Waals surface area contributed by atoms with Crippen LogP contribution in [0.25, 0.3) is 0 Å². The lowest BCUT2D eigenvalue weighted by atomic mass is 10.1. The summed E-state index contributed by atoms with van der Waals surface area (Å²) >= 11 is 0. The lowest BCUT2D eigenvalue weighted by Crippen LogP contribution is -2.50. The summed E-state index contributed by atoms with van der Waals surface area (Å²) in [4.78, 5) is 39.9. The van der Waals surface area contributed by atoms with Crippen LogP contribution in [0.1, 0.15) is 34.8 Å². The Kier molecular flexibility index (Phi) is 6.65. The molecule has 6 heteroatoms. The number of aryl methyl sites for hydroxylation is 2. The molecule has 0 bridgehead atoms. The minimum Gasteiger partial charge on any atom is -0.427 e. The van der Waals surface area contributed by atoms with E-state index >= 15 is 0 Å². The summed E-state index contributed by atoms with van der Waals surface area (Å²) in [6.07, 6.45) is 1.20. The Morgan fingerprint density at radius 2 is 1.62 bits per heavy atom. The largest absolute Gasteiger partial charge is 0.427 e. The summed E-state index contributed by atoms with van der Waals surface area (Å²) in [6, 6.07) is 14.8. The first-order chi connectivity index (χ1) is 13.9. The van der Waals surface area contributed by atoms with Gasteiger partial charge in [0.2, 0.25) is 5.91 Å². The number of piperazine rings is 1. The average Bonchev–Trinajstić information content (AvgIpc) is 2.71. The highest BCUT2D eigenvalue weighted by molar-refractivity contribution is 5.95. The second-order valence-electron chi connectivity index (χ2n) is 7.28. The van der Waals surface area contributed by atoms with Crippen LogP contribution in [0.5, 0.6) is 5.75 Å². The summed E-state index contributed by atoms with van der Waals surface area (Å²) in [5.74, 6) is -0.0676. The van der Waals surface area contributed by atoms with Gasteiger partial charge in [0.1, 0.15) is 5.75 Å². The van der Waals surface area contributed by atoms with E-state index in [1.807, 2.05) is 30.0 Å². The fraction of sp³-hybridized carbons (Fsp3) is 0.348. The van der Waals surface area contributed by atoms with Gasteiger partial charge in [-0.1, -0.05) is 35.9 Å². The molecule has 1 saturated heterocycles. The minimum atomic E-state index is -0.424. The molecule has 1 fully saturated rings. The van der Waals surface area contributed by atoms with Crippen molar-refractivity contribution in [1.82, 2.24) is 9.80 Å². The van der Waals surface area contributed by atoms with Crippen molar-refractivity contribution < 1.29 is 19.1 Å². The van der Waals surface area contributed by atoms with E-state index in [0.717, 1.165) is 6.42 Å². The number of ether oxygens (including phenoxy) is 1. The van der Waals surface area contributed by atoms with Crippen LogP contribution in [-0.2, 0) is 16.0 Å². The van der Waals surface area contributed by atoms with Gasteiger partial charge in [-0.3, -0.25) is 14.4 Å². The molecule has 0 atom stereocenters. The van der Waals surface area contributed by atoms with E-state index in [4.69, 9.17) is 4.74 Å². The molecular formula is C23H26N2O4. The zero-order valence-electron chi connectivity index (χ0n) is 16.9. The van der Waals surface area contributed by atoms with Crippen molar-refractivity contribution in [3.63, 3.8) is 0 Å². The first kappa shape index (κ1) is 20.6. The van der Waals surface area contributed by atoms with Gasteiger partial charge in [-0.25, -0.2) is 0 Å². The van der Waals surface area contributed by atoms with E-state index in [2.05, 4.69) is 6.07 Å². The van der Waals surface area contributed by atoms with Gasteiger partial charge in [0, 0.05) is 45.1 Å². The van der Waals surface area contributed by atoms with Crippen molar-refractivity contribution in [2.24, 2.45) is 0 Å². The molecule has 0 spiro atoms. The molecule has 0 aliphatic carbocycles. The van der Waals surface area contributed by atoms with Crippen LogP contribution in [0, 0.1) is 6.92 Å². The SMILES string of the molecule is CC(=O)Oc1cccc(C(=O)N2CCN(C(=O)CCc3cccc(C)c3)CC2)c1. The van der Waals surface area contributed by atoms with Crippen molar-refractivity contribution in [3.05, 3.63) is 65.2 Å². The molecule has 0 saturated carbocycles. The second kappa shape index (κ2) is 9.37. The standard InChI is InChI=1S/C23H26N2O4/c1-17-5-3-6-19(15-17)9-10-22(27)24-11-13-25(14-12-24)23(28)20-7-4-8-21(16-20)29-18(2)26/h3-8,15-16H,9-14H2,1-2H3. The number of hydrogen-bond acceptors (Lipinski definition) is 4. The predicted octanol–water partition coefficient (Wildman–Crippen LogP) is 2.84. The van der Waals surface area contributed by atoms with Crippen LogP contribution in [0.2, 0.25) is 0 Å². The van der Waals surface area contributed by atoms with Gasteiger partial charge in [-0.15, -0.1) is 0 Å². The molecule has 29 heavy (non-hydrogen) atoms. The van der Waals surface area contributed by atoms with Gasteiger partial charge < -0.3 is 14.5 Å². The molecule has 1 aliphatic rings. The normalized spacial score (nSPS) is 13.9. The molecule has 2 amide bonds. The average molecular weight is 394 g/mol. The quantitative estimate of drug-likeness (QED) is 0.578. The highest BCUT2D eigenvalue weighted by atomic mass is 16.5. The topological polar surface area (TPSA) is 66.9 Å². The number of hydrogen-bond donors (Lipinski definition) is 0. The van der Waals surface area contributed by atoms with E-state index in [-0.39, 0.29) is 11.8 Å². The van der Waals surface area contributed by atoms with E-state index in [0.29, 0.717) is 43.9 Å². The molecule has 1 heterocycles. The number of amides is 2. The maximum atomic E-state index is 12.7. The van der Waals surface area contributed by atoms with Gasteiger partial charge >= 0.3 is 5.97 Å². The maximum Gasteiger partial charge on any atom is 0.308 e. The molecular weight excluding hydrogens is 368 g/mol. The minimum absolute atomic E-state index is 0.120. The Morgan fingerprint density at radius 3 is 2.31 bits per heavy atom. The predicted molar refractivity (Wildman–Crippen MR) is 110 cm³/mol. The number of esters is 1. The summed E-state index contributed by atoms with van der Waals surface area (Å²) in [6.45, 7) is 5.41. The molecule has 0 N–H and O–H groups in total. The van der Waals surface area contributed by atoms with Crippen LogP contribution < -0.4 is 4.74 Å². The van der Waals surface area contributed by atoms with Crippen LogP contribution in [0.4, 0.5) is 0 Å². The Morgan fingerprint density at radius 1 is 0.931 bits per heavy atom. The van der Waals surface area contributed by atoms with E-state index in [9.17, 15) is 14.4 Å². The fourth-order valence-electron chi connectivity index (χ4n) is 3.48. The van der Waals surface area contributed by atoms with Crippen molar-refractivity contribution >= 4 is 17.8 Å². The van der Waals surface area contributed by atoms with Crippen molar-refractivity contribution in [3.8, 4) is 5.75 Å². The third-order valence-electron chi connectivity index (χ3n) is 4.97. The molecule has 0 aromatic heterocycles.